The van der Waals surface area contributed by atoms with Crippen LogP contribution in [0.3, 0.4) is 0 Å². The van der Waals surface area contributed by atoms with Crippen molar-refractivity contribution in [3.8, 4) is 0 Å². The molecule has 0 N–H and O–H groups in total. The standard InChI is InChI=1S/C12H20O2/c1-2-9-4-3-5-11(6-9)14-12-7-10(13)8-12/h9,11-12H,2-8H2,1H3. The third kappa shape index (κ3) is 2.35. The van der Waals surface area contributed by atoms with Gasteiger partial charge in [-0.1, -0.05) is 26.2 Å². The summed E-state index contributed by atoms with van der Waals surface area (Å²) in [6.45, 7) is 2.26. The maximum absolute atomic E-state index is 10.8. The lowest BCUT2D eigenvalue weighted by atomic mass is 9.85. The molecule has 2 fully saturated rings. The second kappa shape index (κ2) is 4.43. The number of hydrogen-bond donors (Lipinski definition) is 0. The largest absolute Gasteiger partial charge is 0.374 e. The van der Waals surface area contributed by atoms with Crippen molar-refractivity contribution in [1.82, 2.24) is 0 Å². The second-order valence-electron chi connectivity index (χ2n) is 4.77. The first-order valence-corrected chi connectivity index (χ1v) is 5.95. The summed E-state index contributed by atoms with van der Waals surface area (Å²) in [5.41, 5.74) is 0. The molecule has 0 heterocycles. The average molecular weight is 196 g/mol. The van der Waals surface area contributed by atoms with Crippen LogP contribution in [-0.4, -0.2) is 18.0 Å². The molecule has 0 saturated heterocycles. The van der Waals surface area contributed by atoms with Crippen LogP contribution in [0, 0.1) is 5.92 Å². The zero-order valence-electron chi connectivity index (χ0n) is 9.00. The molecule has 2 nitrogen and oxygen atoms in total. The van der Waals surface area contributed by atoms with Crippen molar-refractivity contribution in [3.05, 3.63) is 0 Å². The molecule has 0 aromatic rings. The normalized spacial score (nSPS) is 34.2. The molecule has 2 rings (SSSR count). The summed E-state index contributed by atoms with van der Waals surface area (Å²) < 4.78 is 5.91. The van der Waals surface area contributed by atoms with Gasteiger partial charge >= 0.3 is 0 Å². The van der Waals surface area contributed by atoms with E-state index in [1.54, 1.807) is 0 Å². The van der Waals surface area contributed by atoms with E-state index in [1.165, 1.54) is 32.1 Å². The van der Waals surface area contributed by atoms with E-state index in [9.17, 15) is 4.79 Å². The van der Waals surface area contributed by atoms with Gasteiger partial charge in [0.1, 0.15) is 5.78 Å². The van der Waals surface area contributed by atoms with Gasteiger partial charge in [-0.15, -0.1) is 0 Å². The Bertz CT molecular complexity index is 204. The highest BCUT2D eigenvalue weighted by Crippen LogP contribution is 2.31. The van der Waals surface area contributed by atoms with Gasteiger partial charge in [-0.3, -0.25) is 4.79 Å². The maximum Gasteiger partial charge on any atom is 0.138 e. The molecule has 0 aromatic carbocycles. The molecule has 2 atom stereocenters. The topological polar surface area (TPSA) is 26.3 Å². The molecular weight excluding hydrogens is 176 g/mol. The molecule has 0 aliphatic heterocycles. The fraction of sp³-hybridized carbons (Fsp3) is 0.917. The van der Waals surface area contributed by atoms with Crippen molar-refractivity contribution < 1.29 is 9.53 Å². The molecule has 0 bridgehead atoms. The summed E-state index contributed by atoms with van der Waals surface area (Å²) in [6.07, 6.45) is 8.46. The van der Waals surface area contributed by atoms with Crippen LogP contribution in [0.2, 0.25) is 0 Å². The van der Waals surface area contributed by atoms with Crippen molar-refractivity contribution in [1.29, 1.82) is 0 Å². The molecule has 0 aromatic heterocycles. The molecule has 2 aliphatic carbocycles. The minimum Gasteiger partial charge on any atom is -0.374 e. The third-order valence-electron chi connectivity index (χ3n) is 3.61. The van der Waals surface area contributed by atoms with Crippen LogP contribution < -0.4 is 0 Å². The minimum atomic E-state index is 0.267. The van der Waals surface area contributed by atoms with E-state index in [0.29, 0.717) is 24.7 Å². The summed E-state index contributed by atoms with van der Waals surface area (Å²) in [6, 6.07) is 0. The van der Waals surface area contributed by atoms with Crippen LogP contribution in [0.4, 0.5) is 0 Å². The Morgan fingerprint density at radius 3 is 2.71 bits per heavy atom. The van der Waals surface area contributed by atoms with Gasteiger partial charge in [0.2, 0.25) is 0 Å². The van der Waals surface area contributed by atoms with E-state index < -0.39 is 0 Å². The van der Waals surface area contributed by atoms with E-state index in [-0.39, 0.29) is 6.10 Å². The third-order valence-corrected chi connectivity index (χ3v) is 3.61. The van der Waals surface area contributed by atoms with Crippen LogP contribution in [0.15, 0.2) is 0 Å². The average Bonchev–Trinajstić information content (AvgIpc) is 2.16. The van der Waals surface area contributed by atoms with Crippen molar-refractivity contribution in [2.45, 2.75) is 64.1 Å². The van der Waals surface area contributed by atoms with Crippen LogP contribution in [0.25, 0.3) is 0 Å². The molecule has 14 heavy (non-hydrogen) atoms. The Labute approximate surface area is 86.0 Å². The predicted molar refractivity (Wildman–Crippen MR) is 55.2 cm³/mol. The fourth-order valence-corrected chi connectivity index (χ4v) is 2.55. The van der Waals surface area contributed by atoms with Gasteiger partial charge < -0.3 is 4.74 Å². The second-order valence-corrected chi connectivity index (χ2v) is 4.77. The Balaban J connectivity index is 1.72. The van der Waals surface area contributed by atoms with Gasteiger partial charge in [0.05, 0.1) is 12.2 Å². The van der Waals surface area contributed by atoms with Crippen molar-refractivity contribution in [2.24, 2.45) is 5.92 Å². The number of carbonyl (C=O) groups excluding carboxylic acids is 1. The Kier molecular flexibility index (Phi) is 3.22. The molecule has 2 aliphatic rings. The lowest BCUT2D eigenvalue weighted by molar-refractivity contribution is -0.140. The predicted octanol–water partition coefficient (Wildman–Crippen LogP) is 2.70. The number of ether oxygens (including phenoxy) is 1. The van der Waals surface area contributed by atoms with Gasteiger partial charge in [-0.2, -0.15) is 0 Å². The van der Waals surface area contributed by atoms with Gasteiger partial charge in [0, 0.05) is 12.8 Å². The fourth-order valence-electron chi connectivity index (χ4n) is 2.55. The van der Waals surface area contributed by atoms with E-state index in [2.05, 4.69) is 6.92 Å². The summed E-state index contributed by atoms with van der Waals surface area (Å²) in [7, 11) is 0. The van der Waals surface area contributed by atoms with Crippen LogP contribution >= 0.6 is 0 Å². The number of Topliss-reactive ketones (excluding diaryl/α,β-unsaturated/α-hetero) is 1. The SMILES string of the molecule is CCC1CCCC(OC2CC(=O)C2)C1. The Hall–Kier alpha value is -0.370. The number of hydrogen-bond acceptors (Lipinski definition) is 2. The monoisotopic (exact) mass is 196 g/mol. The molecule has 0 spiro atoms. The quantitative estimate of drug-likeness (QED) is 0.693. The smallest absolute Gasteiger partial charge is 0.138 e. The zero-order chi connectivity index (χ0) is 9.97. The summed E-state index contributed by atoms with van der Waals surface area (Å²) in [5.74, 6) is 1.24. The molecule has 2 saturated carbocycles. The van der Waals surface area contributed by atoms with Gasteiger partial charge in [-0.25, -0.2) is 0 Å². The molecule has 2 unspecified atom stereocenters. The maximum atomic E-state index is 10.8. The Morgan fingerprint density at radius 1 is 1.29 bits per heavy atom. The lowest BCUT2D eigenvalue weighted by Gasteiger charge is -2.34. The molecule has 80 valence electrons. The van der Waals surface area contributed by atoms with Crippen molar-refractivity contribution in [3.63, 3.8) is 0 Å². The van der Waals surface area contributed by atoms with E-state index in [1.807, 2.05) is 0 Å². The highest BCUT2D eigenvalue weighted by molar-refractivity contribution is 5.85. The number of rotatable bonds is 3. The van der Waals surface area contributed by atoms with Gasteiger partial charge in [-0.05, 0) is 18.8 Å². The molecule has 0 amide bonds. The highest BCUT2D eigenvalue weighted by atomic mass is 16.5. The first-order chi connectivity index (χ1) is 6.78. The lowest BCUT2D eigenvalue weighted by Crippen LogP contribution is -2.36. The minimum absolute atomic E-state index is 0.267. The van der Waals surface area contributed by atoms with E-state index in [0.717, 1.165) is 5.92 Å². The van der Waals surface area contributed by atoms with Gasteiger partial charge in [0.25, 0.3) is 0 Å². The van der Waals surface area contributed by atoms with Crippen molar-refractivity contribution in [2.75, 3.05) is 0 Å². The number of ketones is 1. The van der Waals surface area contributed by atoms with E-state index in [4.69, 9.17) is 4.74 Å². The summed E-state index contributed by atoms with van der Waals surface area (Å²) >= 11 is 0. The Morgan fingerprint density at radius 2 is 2.07 bits per heavy atom. The molecular formula is C12H20O2. The van der Waals surface area contributed by atoms with Crippen LogP contribution in [0.1, 0.15) is 51.9 Å². The first-order valence-electron chi connectivity index (χ1n) is 5.95. The van der Waals surface area contributed by atoms with Crippen molar-refractivity contribution >= 4 is 5.78 Å². The summed E-state index contributed by atoms with van der Waals surface area (Å²) in [4.78, 5) is 10.8. The summed E-state index contributed by atoms with van der Waals surface area (Å²) in [5, 5.41) is 0. The molecule has 0 radical (unpaired) electrons. The van der Waals surface area contributed by atoms with E-state index >= 15 is 0 Å². The first kappa shape index (κ1) is 10.2. The van der Waals surface area contributed by atoms with Crippen LogP contribution in [0.5, 0.6) is 0 Å². The number of carbonyl (C=O) groups is 1. The van der Waals surface area contributed by atoms with Crippen LogP contribution in [-0.2, 0) is 9.53 Å². The zero-order valence-corrected chi connectivity index (χ0v) is 9.00. The van der Waals surface area contributed by atoms with Gasteiger partial charge in [0.15, 0.2) is 0 Å². The highest BCUT2D eigenvalue weighted by Gasteiger charge is 2.31. The molecule has 2 heteroatoms.